The number of piperidine rings is 1. The van der Waals surface area contributed by atoms with E-state index in [1.54, 1.807) is 17.8 Å². The normalized spacial score (nSPS) is 19.3. The number of non-ortho nitro benzene ring substituents is 1. The molecule has 1 aromatic carbocycles. The van der Waals surface area contributed by atoms with Crippen LogP contribution in [0.2, 0.25) is 0 Å². The summed E-state index contributed by atoms with van der Waals surface area (Å²) in [5, 5.41) is 14.7. The van der Waals surface area contributed by atoms with E-state index in [4.69, 9.17) is 4.42 Å². The second kappa shape index (κ2) is 5.80. The molecule has 106 valence electrons. The number of hydrogen-bond donors (Lipinski definition) is 1. The van der Waals surface area contributed by atoms with Gasteiger partial charge in [0.2, 0.25) is 0 Å². The molecule has 1 aromatic heterocycles. The number of fused-ring (bicyclic) bond motifs is 1. The van der Waals surface area contributed by atoms with E-state index in [0.717, 1.165) is 18.8 Å². The maximum atomic E-state index is 10.7. The zero-order chi connectivity index (χ0) is 13.9. The molecule has 3 rings (SSSR count). The van der Waals surface area contributed by atoms with Crippen molar-refractivity contribution in [2.45, 2.75) is 18.1 Å². The Hall–Kier alpha value is -1.60. The summed E-state index contributed by atoms with van der Waals surface area (Å²) in [6.45, 7) is 2.15. The van der Waals surface area contributed by atoms with Gasteiger partial charge in [0.15, 0.2) is 5.58 Å². The molecule has 1 N–H and O–H groups in total. The zero-order valence-corrected chi connectivity index (χ0v) is 11.7. The van der Waals surface area contributed by atoms with Crippen LogP contribution < -0.4 is 5.32 Å². The average Bonchev–Trinajstić information content (AvgIpc) is 2.88. The number of oxazole rings is 1. The Morgan fingerprint density at radius 3 is 3.20 bits per heavy atom. The fourth-order valence-corrected chi connectivity index (χ4v) is 3.30. The summed E-state index contributed by atoms with van der Waals surface area (Å²) in [5.74, 6) is 1.60. The van der Waals surface area contributed by atoms with Crippen LogP contribution in [0.1, 0.15) is 12.8 Å². The number of aromatic nitrogens is 1. The van der Waals surface area contributed by atoms with Gasteiger partial charge in [-0.3, -0.25) is 10.1 Å². The number of benzene rings is 1. The number of nitro groups is 1. The van der Waals surface area contributed by atoms with E-state index < -0.39 is 4.92 Å². The minimum absolute atomic E-state index is 0.0406. The van der Waals surface area contributed by atoms with Crippen LogP contribution in [0.5, 0.6) is 0 Å². The van der Waals surface area contributed by atoms with Crippen LogP contribution >= 0.6 is 11.8 Å². The Morgan fingerprint density at radius 1 is 1.55 bits per heavy atom. The highest BCUT2D eigenvalue weighted by Gasteiger charge is 2.16. The van der Waals surface area contributed by atoms with E-state index in [9.17, 15) is 10.1 Å². The van der Waals surface area contributed by atoms with E-state index in [1.165, 1.54) is 25.0 Å². The molecule has 0 amide bonds. The minimum atomic E-state index is -0.422. The van der Waals surface area contributed by atoms with Crippen LogP contribution in [0.3, 0.4) is 0 Å². The predicted octanol–water partition coefficient (Wildman–Crippen LogP) is 2.83. The summed E-state index contributed by atoms with van der Waals surface area (Å²) in [7, 11) is 0. The highest BCUT2D eigenvalue weighted by molar-refractivity contribution is 7.99. The van der Waals surface area contributed by atoms with Crippen molar-refractivity contribution in [3.8, 4) is 0 Å². The van der Waals surface area contributed by atoms with Crippen LogP contribution in [-0.4, -0.2) is 28.7 Å². The van der Waals surface area contributed by atoms with Crippen LogP contribution in [0, 0.1) is 16.0 Å². The molecule has 0 bridgehead atoms. The molecule has 20 heavy (non-hydrogen) atoms. The van der Waals surface area contributed by atoms with Gasteiger partial charge in [-0.05, 0) is 37.9 Å². The third kappa shape index (κ3) is 2.94. The van der Waals surface area contributed by atoms with Gasteiger partial charge < -0.3 is 9.73 Å². The quantitative estimate of drug-likeness (QED) is 0.530. The first-order valence-corrected chi connectivity index (χ1v) is 7.59. The lowest BCUT2D eigenvalue weighted by molar-refractivity contribution is -0.384. The summed E-state index contributed by atoms with van der Waals surface area (Å²) in [5.41, 5.74) is 1.18. The second-order valence-corrected chi connectivity index (χ2v) is 5.88. The molecular formula is C13H15N3O3S. The van der Waals surface area contributed by atoms with Gasteiger partial charge in [-0.1, -0.05) is 11.8 Å². The fraction of sp³-hybridized carbons (Fsp3) is 0.462. The molecule has 0 saturated carbocycles. The Kier molecular flexibility index (Phi) is 3.88. The molecule has 0 aliphatic carbocycles. The summed E-state index contributed by atoms with van der Waals surface area (Å²) in [6, 6.07) is 4.49. The van der Waals surface area contributed by atoms with Crippen molar-refractivity contribution < 1.29 is 9.34 Å². The van der Waals surface area contributed by atoms with Gasteiger partial charge in [-0.25, -0.2) is 4.98 Å². The molecule has 1 saturated heterocycles. The zero-order valence-electron chi connectivity index (χ0n) is 10.9. The molecule has 6 nitrogen and oxygen atoms in total. The van der Waals surface area contributed by atoms with Crippen LogP contribution in [0.15, 0.2) is 27.8 Å². The Labute approximate surface area is 120 Å². The van der Waals surface area contributed by atoms with Crippen molar-refractivity contribution >= 4 is 28.5 Å². The maximum absolute atomic E-state index is 10.7. The van der Waals surface area contributed by atoms with Crippen molar-refractivity contribution in [1.29, 1.82) is 0 Å². The number of nitrogens with zero attached hydrogens (tertiary/aromatic N) is 2. The Morgan fingerprint density at radius 2 is 2.45 bits per heavy atom. The standard InChI is InChI=1S/C13H15N3O3S/c17-16(18)10-3-4-12-11(6-10)15-13(19-12)20-8-9-2-1-5-14-7-9/h3-4,6,9,14H,1-2,5,7-8H2/t9-/m0/s1. The van der Waals surface area contributed by atoms with Gasteiger partial charge in [-0.15, -0.1) is 0 Å². The minimum Gasteiger partial charge on any atom is -0.431 e. The molecule has 0 unspecified atom stereocenters. The third-order valence-corrected chi connectivity index (χ3v) is 4.46. The van der Waals surface area contributed by atoms with Crippen molar-refractivity contribution in [3.05, 3.63) is 28.3 Å². The topological polar surface area (TPSA) is 81.2 Å². The summed E-state index contributed by atoms with van der Waals surface area (Å²) in [6.07, 6.45) is 2.44. The van der Waals surface area contributed by atoms with Crippen molar-refractivity contribution in [2.75, 3.05) is 18.8 Å². The Bertz CT molecular complexity index is 622. The number of nitrogens with one attached hydrogen (secondary N) is 1. The van der Waals surface area contributed by atoms with E-state index >= 15 is 0 Å². The van der Waals surface area contributed by atoms with Crippen molar-refractivity contribution in [1.82, 2.24) is 10.3 Å². The average molecular weight is 293 g/mol. The molecule has 2 aromatic rings. The molecule has 7 heteroatoms. The molecule has 1 aliphatic rings. The van der Waals surface area contributed by atoms with Gasteiger partial charge in [0.25, 0.3) is 10.9 Å². The highest BCUT2D eigenvalue weighted by Crippen LogP contribution is 2.28. The lowest BCUT2D eigenvalue weighted by atomic mass is 10.0. The molecule has 1 fully saturated rings. The molecular weight excluding hydrogens is 278 g/mol. The van der Waals surface area contributed by atoms with E-state index in [1.807, 2.05) is 0 Å². The van der Waals surface area contributed by atoms with Gasteiger partial charge in [0.05, 0.1) is 4.92 Å². The third-order valence-electron chi connectivity index (χ3n) is 3.40. The van der Waals surface area contributed by atoms with Crippen LogP contribution in [0.4, 0.5) is 5.69 Å². The fourth-order valence-electron chi connectivity index (χ4n) is 2.33. The summed E-state index contributed by atoms with van der Waals surface area (Å²) in [4.78, 5) is 14.6. The molecule has 0 radical (unpaired) electrons. The van der Waals surface area contributed by atoms with Crippen LogP contribution in [-0.2, 0) is 0 Å². The maximum Gasteiger partial charge on any atom is 0.271 e. The van der Waals surface area contributed by atoms with Gasteiger partial charge in [-0.2, -0.15) is 0 Å². The molecule has 1 aliphatic heterocycles. The lowest BCUT2D eigenvalue weighted by Crippen LogP contribution is -2.30. The van der Waals surface area contributed by atoms with E-state index in [2.05, 4.69) is 10.3 Å². The predicted molar refractivity (Wildman–Crippen MR) is 77.0 cm³/mol. The first-order chi connectivity index (χ1) is 9.72. The van der Waals surface area contributed by atoms with Crippen molar-refractivity contribution in [3.63, 3.8) is 0 Å². The van der Waals surface area contributed by atoms with E-state index in [0.29, 0.717) is 22.2 Å². The summed E-state index contributed by atoms with van der Waals surface area (Å²) < 4.78 is 5.60. The smallest absolute Gasteiger partial charge is 0.271 e. The number of thioether (sulfide) groups is 1. The first kappa shape index (κ1) is 13.4. The van der Waals surface area contributed by atoms with Crippen molar-refractivity contribution in [2.24, 2.45) is 5.92 Å². The van der Waals surface area contributed by atoms with E-state index in [-0.39, 0.29) is 5.69 Å². The Balaban J connectivity index is 1.70. The van der Waals surface area contributed by atoms with Gasteiger partial charge >= 0.3 is 0 Å². The molecule has 2 heterocycles. The highest BCUT2D eigenvalue weighted by atomic mass is 32.2. The number of hydrogen-bond acceptors (Lipinski definition) is 6. The monoisotopic (exact) mass is 293 g/mol. The SMILES string of the molecule is O=[N+]([O-])c1ccc2oc(SC[C@H]3CCCNC3)nc2c1. The first-order valence-electron chi connectivity index (χ1n) is 6.61. The number of nitro benzene ring substituents is 1. The molecule has 1 atom stereocenters. The second-order valence-electron chi connectivity index (χ2n) is 4.91. The van der Waals surface area contributed by atoms with Crippen LogP contribution in [0.25, 0.3) is 11.1 Å². The summed E-state index contributed by atoms with van der Waals surface area (Å²) >= 11 is 1.58. The molecule has 0 spiro atoms. The van der Waals surface area contributed by atoms with Gasteiger partial charge in [0.1, 0.15) is 5.52 Å². The van der Waals surface area contributed by atoms with Gasteiger partial charge in [0, 0.05) is 17.9 Å². The number of rotatable bonds is 4. The lowest BCUT2D eigenvalue weighted by Gasteiger charge is -2.21. The largest absolute Gasteiger partial charge is 0.431 e.